The van der Waals surface area contributed by atoms with Gasteiger partial charge in [-0.25, -0.2) is 0 Å². The van der Waals surface area contributed by atoms with E-state index >= 15 is 0 Å². The molecular weight excluding hydrogens is 134 g/mol. The van der Waals surface area contributed by atoms with Gasteiger partial charge in [-0.2, -0.15) is 0 Å². The Morgan fingerprint density at radius 3 is 2.45 bits per heavy atom. The van der Waals surface area contributed by atoms with Crippen LogP contribution in [0.1, 0.15) is 39.0 Å². The summed E-state index contributed by atoms with van der Waals surface area (Å²) in [6.07, 6.45) is 10.9. The van der Waals surface area contributed by atoms with Gasteiger partial charge in [0.05, 0.1) is 0 Å². The maximum absolute atomic E-state index is 5.80. The highest BCUT2D eigenvalue weighted by Gasteiger charge is 2.15. The Balaban J connectivity index is 2.22. The summed E-state index contributed by atoms with van der Waals surface area (Å²) in [7, 11) is 0. The van der Waals surface area contributed by atoms with E-state index in [0.717, 1.165) is 5.92 Å². The summed E-state index contributed by atoms with van der Waals surface area (Å²) in [5.41, 5.74) is 5.80. The standard InChI is InChI=1S/C10H19N/c1-2-3-4-9-5-7-10(11)8-6-9/h3-4,9-10H,2,5-8,11H2,1H3/b4-3-. The van der Waals surface area contributed by atoms with Crippen molar-refractivity contribution in [3.8, 4) is 0 Å². The van der Waals surface area contributed by atoms with Gasteiger partial charge in [-0.3, -0.25) is 0 Å². The van der Waals surface area contributed by atoms with Crippen LogP contribution in [0.4, 0.5) is 0 Å². The highest BCUT2D eigenvalue weighted by Crippen LogP contribution is 2.23. The van der Waals surface area contributed by atoms with Crippen LogP contribution in [0.5, 0.6) is 0 Å². The Labute approximate surface area is 69.7 Å². The fourth-order valence-corrected chi connectivity index (χ4v) is 1.67. The van der Waals surface area contributed by atoms with E-state index in [9.17, 15) is 0 Å². The maximum Gasteiger partial charge on any atom is 0.00392 e. The molecule has 0 aromatic carbocycles. The molecule has 0 unspecified atom stereocenters. The molecule has 1 fully saturated rings. The Bertz CT molecular complexity index is 121. The normalized spacial score (nSPS) is 32.9. The second-order valence-corrected chi connectivity index (χ2v) is 3.51. The van der Waals surface area contributed by atoms with Crippen LogP contribution in [0.15, 0.2) is 12.2 Å². The van der Waals surface area contributed by atoms with Crippen molar-refractivity contribution in [3.05, 3.63) is 12.2 Å². The first kappa shape index (κ1) is 8.79. The zero-order valence-electron chi connectivity index (χ0n) is 7.42. The molecule has 0 aliphatic heterocycles. The smallest absolute Gasteiger partial charge is 0.00392 e. The first-order valence-corrected chi connectivity index (χ1v) is 4.75. The van der Waals surface area contributed by atoms with Crippen LogP contribution in [0, 0.1) is 5.92 Å². The Morgan fingerprint density at radius 2 is 1.91 bits per heavy atom. The van der Waals surface area contributed by atoms with E-state index in [0.29, 0.717) is 6.04 Å². The molecule has 0 aromatic rings. The average molecular weight is 153 g/mol. The number of hydrogen-bond acceptors (Lipinski definition) is 1. The molecule has 1 aliphatic rings. The van der Waals surface area contributed by atoms with Gasteiger partial charge in [0.2, 0.25) is 0 Å². The summed E-state index contributed by atoms with van der Waals surface area (Å²) in [4.78, 5) is 0. The molecule has 64 valence electrons. The van der Waals surface area contributed by atoms with Gasteiger partial charge in [0.1, 0.15) is 0 Å². The third-order valence-electron chi connectivity index (χ3n) is 2.46. The number of allylic oxidation sites excluding steroid dienone is 2. The topological polar surface area (TPSA) is 26.0 Å². The molecule has 1 saturated carbocycles. The van der Waals surface area contributed by atoms with E-state index < -0.39 is 0 Å². The molecular formula is C10H19N. The lowest BCUT2D eigenvalue weighted by Crippen LogP contribution is -2.25. The Hall–Kier alpha value is -0.300. The van der Waals surface area contributed by atoms with Crippen LogP contribution in [0.25, 0.3) is 0 Å². The predicted octanol–water partition coefficient (Wildman–Crippen LogP) is 2.47. The van der Waals surface area contributed by atoms with Crippen LogP contribution in [0.2, 0.25) is 0 Å². The molecule has 2 N–H and O–H groups in total. The molecule has 1 nitrogen and oxygen atoms in total. The van der Waals surface area contributed by atoms with Gasteiger partial charge in [-0.15, -0.1) is 0 Å². The van der Waals surface area contributed by atoms with Crippen molar-refractivity contribution in [2.45, 2.75) is 45.1 Å². The SMILES string of the molecule is CC/C=C\C1CCC(N)CC1. The summed E-state index contributed by atoms with van der Waals surface area (Å²) in [5.74, 6) is 0.828. The summed E-state index contributed by atoms with van der Waals surface area (Å²) < 4.78 is 0. The van der Waals surface area contributed by atoms with Crippen LogP contribution in [-0.2, 0) is 0 Å². The molecule has 1 aliphatic carbocycles. The first-order chi connectivity index (χ1) is 5.33. The molecule has 0 saturated heterocycles. The lowest BCUT2D eigenvalue weighted by atomic mass is 9.86. The van der Waals surface area contributed by atoms with E-state index in [1.54, 1.807) is 0 Å². The lowest BCUT2D eigenvalue weighted by Gasteiger charge is -2.23. The van der Waals surface area contributed by atoms with Crippen molar-refractivity contribution in [1.82, 2.24) is 0 Å². The van der Waals surface area contributed by atoms with Gasteiger partial charge in [-0.1, -0.05) is 19.1 Å². The first-order valence-electron chi connectivity index (χ1n) is 4.75. The molecule has 1 heteroatoms. The predicted molar refractivity (Wildman–Crippen MR) is 49.4 cm³/mol. The molecule has 1 rings (SSSR count). The molecule has 0 bridgehead atoms. The summed E-state index contributed by atoms with van der Waals surface area (Å²) in [6.45, 7) is 2.19. The molecule has 0 spiro atoms. The quantitative estimate of drug-likeness (QED) is 0.606. The van der Waals surface area contributed by atoms with Crippen LogP contribution < -0.4 is 5.73 Å². The highest BCUT2D eigenvalue weighted by atomic mass is 14.6. The molecule has 0 atom stereocenters. The van der Waals surface area contributed by atoms with Crippen molar-refractivity contribution < 1.29 is 0 Å². The largest absolute Gasteiger partial charge is 0.328 e. The molecule has 11 heavy (non-hydrogen) atoms. The van der Waals surface area contributed by atoms with Gasteiger partial charge in [0, 0.05) is 6.04 Å². The Kier molecular flexibility index (Phi) is 3.64. The van der Waals surface area contributed by atoms with Gasteiger partial charge >= 0.3 is 0 Å². The van der Waals surface area contributed by atoms with Crippen molar-refractivity contribution >= 4 is 0 Å². The van der Waals surface area contributed by atoms with Gasteiger partial charge in [-0.05, 0) is 38.0 Å². The fourth-order valence-electron chi connectivity index (χ4n) is 1.67. The second-order valence-electron chi connectivity index (χ2n) is 3.51. The summed E-state index contributed by atoms with van der Waals surface area (Å²) in [5, 5.41) is 0. The third-order valence-corrected chi connectivity index (χ3v) is 2.46. The average Bonchev–Trinajstić information content (AvgIpc) is 2.04. The lowest BCUT2D eigenvalue weighted by molar-refractivity contribution is 0.375. The number of nitrogens with two attached hydrogens (primary N) is 1. The van der Waals surface area contributed by atoms with E-state index in [2.05, 4.69) is 19.1 Å². The van der Waals surface area contributed by atoms with Crippen LogP contribution in [-0.4, -0.2) is 6.04 Å². The van der Waals surface area contributed by atoms with Crippen molar-refractivity contribution in [2.75, 3.05) is 0 Å². The molecule has 0 amide bonds. The van der Waals surface area contributed by atoms with Crippen molar-refractivity contribution in [3.63, 3.8) is 0 Å². The zero-order valence-corrected chi connectivity index (χ0v) is 7.42. The molecule has 0 aromatic heterocycles. The fraction of sp³-hybridized carbons (Fsp3) is 0.800. The Morgan fingerprint density at radius 1 is 1.27 bits per heavy atom. The summed E-state index contributed by atoms with van der Waals surface area (Å²) in [6, 6.07) is 0.487. The maximum atomic E-state index is 5.80. The highest BCUT2D eigenvalue weighted by molar-refractivity contribution is 4.90. The van der Waals surface area contributed by atoms with Gasteiger partial charge < -0.3 is 5.73 Å². The monoisotopic (exact) mass is 153 g/mol. The zero-order chi connectivity index (χ0) is 8.10. The van der Waals surface area contributed by atoms with Crippen molar-refractivity contribution in [1.29, 1.82) is 0 Å². The second kappa shape index (κ2) is 4.55. The molecule has 0 heterocycles. The van der Waals surface area contributed by atoms with Crippen molar-refractivity contribution in [2.24, 2.45) is 11.7 Å². The van der Waals surface area contributed by atoms with E-state index in [1.165, 1.54) is 32.1 Å². The molecule has 0 radical (unpaired) electrons. The van der Waals surface area contributed by atoms with E-state index in [1.807, 2.05) is 0 Å². The van der Waals surface area contributed by atoms with E-state index in [-0.39, 0.29) is 0 Å². The third kappa shape index (κ3) is 3.06. The van der Waals surface area contributed by atoms with E-state index in [4.69, 9.17) is 5.73 Å². The number of hydrogen-bond donors (Lipinski definition) is 1. The minimum atomic E-state index is 0.487. The van der Waals surface area contributed by atoms with Gasteiger partial charge in [0.15, 0.2) is 0 Å². The van der Waals surface area contributed by atoms with Crippen LogP contribution >= 0.6 is 0 Å². The minimum Gasteiger partial charge on any atom is -0.328 e. The minimum absolute atomic E-state index is 0.487. The van der Waals surface area contributed by atoms with Crippen LogP contribution in [0.3, 0.4) is 0 Å². The van der Waals surface area contributed by atoms with Gasteiger partial charge in [0.25, 0.3) is 0 Å². The number of rotatable bonds is 2. The summed E-state index contributed by atoms with van der Waals surface area (Å²) >= 11 is 0.